The Balaban J connectivity index is 1.78. The molecule has 1 aliphatic heterocycles. The van der Waals surface area contributed by atoms with Gasteiger partial charge in [-0.3, -0.25) is 4.98 Å². The maximum atomic E-state index is 9.41. The fraction of sp³-hybridized carbons (Fsp3) is 0.273. The van der Waals surface area contributed by atoms with Crippen LogP contribution in [0, 0.1) is 11.3 Å². The number of hydrogen-bond acceptors (Lipinski definition) is 5. The van der Waals surface area contributed by atoms with Crippen LogP contribution in [0.3, 0.4) is 0 Å². The van der Waals surface area contributed by atoms with Gasteiger partial charge in [0.2, 0.25) is 0 Å². The SMILES string of the molecule is COc1ccc(-c2cc(NC3CCNCC3)c3cnccc3c2)cc1C#N. The van der Waals surface area contributed by atoms with E-state index in [1.54, 1.807) is 7.11 Å². The van der Waals surface area contributed by atoms with E-state index in [4.69, 9.17) is 4.74 Å². The molecule has 0 unspecified atom stereocenters. The summed E-state index contributed by atoms with van der Waals surface area (Å²) in [6.07, 6.45) is 5.94. The Morgan fingerprint density at radius 2 is 2.00 bits per heavy atom. The van der Waals surface area contributed by atoms with Gasteiger partial charge in [-0.1, -0.05) is 6.07 Å². The highest BCUT2D eigenvalue weighted by atomic mass is 16.5. The standard InChI is InChI=1S/C22H22N4O/c1-27-22-3-2-15(10-18(22)13-23)17-11-16-4-7-25-14-20(16)21(12-17)26-19-5-8-24-9-6-19/h2-4,7,10-12,14,19,24,26H,5-6,8-9H2,1H3. The van der Waals surface area contributed by atoms with E-state index in [2.05, 4.69) is 33.8 Å². The predicted molar refractivity (Wildman–Crippen MR) is 108 cm³/mol. The topological polar surface area (TPSA) is 70.0 Å². The molecule has 5 nitrogen and oxygen atoms in total. The molecule has 1 aliphatic rings. The van der Waals surface area contributed by atoms with Crippen molar-refractivity contribution < 1.29 is 4.74 Å². The second kappa shape index (κ2) is 7.65. The highest BCUT2D eigenvalue weighted by Gasteiger charge is 2.15. The first-order valence-electron chi connectivity index (χ1n) is 9.22. The predicted octanol–water partition coefficient (Wildman–Crippen LogP) is 3.95. The van der Waals surface area contributed by atoms with Crippen molar-refractivity contribution in [3.05, 3.63) is 54.4 Å². The van der Waals surface area contributed by atoms with Crippen LogP contribution in [0.25, 0.3) is 21.9 Å². The minimum Gasteiger partial charge on any atom is -0.495 e. The van der Waals surface area contributed by atoms with Gasteiger partial charge in [0.1, 0.15) is 11.8 Å². The largest absolute Gasteiger partial charge is 0.495 e. The van der Waals surface area contributed by atoms with Crippen molar-refractivity contribution in [2.75, 3.05) is 25.5 Å². The first-order chi connectivity index (χ1) is 13.3. The lowest BCUT2D eigenvalue weighted by Crippen LogP contribution is -2.35. The van der Waals surface area contributed by atoms with Gasteiger partial charge in [-0.2, -0.15) is 5.26 Å². The summed E-state index contributed by atoms with van der Waals surface area (Å²) in [4.78, 5) is 4.31. The van der Waals surface area contributed by atoms with Gasteiger partial charge >= 0.3 is 0 Å². The summed E-state index contributed by atoms with van der Waals surface area (Å²) in [5.41, 5.74) is 3.71. The molecule has 27 heavy (non-hydrogen) atoms. The van der Waals surface area contributed by atoms with Crippen LogP contribution in [-0.4, -0.2) is 31.2 Å². The Hall–Kier alpha value is -3.10. The molecular formula is C22H22N4O. The van der Waals surface area contributed by atoms with Gasteiger partial charge < -0.3 is 15.4 Å². The highest BCUT2D eigenvalue weighted by molar-refractivity contribution is 5.97. The first kappa shape index (κ1) is 17.3. The van der Waals surface area contributed by atoms with Crippen LogP contribution in [0.15, 0.2) is 48.8 Å². The molecule has 0 amide bonds. The van der Waals surface area contributed by atoms with Crippen LogP contribution in [0.4, 0.5) is 5.69 Å². The molecule has 1 aromatic heterocycles. The Kier molecular flexibility index (Phi) is 4.91. The van der Waals surface area contributed by atoms with Crippen molar-refractivity contribution in [1.82, 2.24) is 10.3 Å². The van der Waals surface area contributed by atoms with Crippen LogP contribution in [0.5, 0.6) is 5.75 Å². The van der Waals surface area contributed by atoms with Crippen molar-refractivity contribution in [2.45, 2.75) is 18.9 Å². The molecule has 5 heteroatoms. The monoisotopic (exact) mass is 358 g/mol. The summed E-state index contributed by atoms with van der Waals surface area (Å²) in [6, 6.07) is 14.7. The van der Waals surface area contributed by atoms with Crippen molar-refractivity contribution in [3.63, 3.8) is 0 Å². The second-order valence-electron chi connectivity index (χ2n) is 6.82. The summed E-state index contributed by atoms with van der Waals surface area (Å²) in [7, 11) is 1.58. The van der Waals surface area contributed by atoms with Gasteiger partial charge in [-0.25, -0.2) is 0 Å². The van der Waals surface area contributed by atoms with E-state index in [0.29, 0.717) is 17.4 Å². The summed E-state index contributed by atoms with van der Waals surface area (Å²) in [6.45, 7) is 2.08. The number of rotatable bonds is 4. The third-order valence-electron chi connectivity index (χ3n) is 5.11. The minimum absolute atomic E-state index is 0.454. The molecular weight excluding hydrogens is 336 g/mol. The number of pyridine rings is 1. The third kappa shape index (κ3) is 3.57. The zero-order chi connectivity index (χ0) is 18.6. The maximum absolute atomic E-state index is 9.41. The zero-order valence-corrected chi connectivity index (χ0v) is 15.3. The van der Waals surface area contributed by atoms with Crippen molar-refractivity contribution in [3.8, 4) is 22.9 Å². The Morgan fingerprint density at radius 1 is 1.15 bits per heavy atom. The van der Waals surface area contributed by atoms with Crippen LogP contribution >= 0.6 is 0 Å². The van der Waals surface area contributed by atoms with Crippen LogP contribution in [0.1, 0.15) is 18.4 Å². The van der Waals surface area contributed by atoms with E-state index in [0.717, 1.165) is 53.5 Å². The van der Waals surface area contributed by atoms with Gasteiger partial charge in [-0.15, -0.1) is 0 Å². The molecule has 2 aromatic carbocycles. The Bertz CT molecular complexity index is 1000. The molecule has 0 bridgehead atoms. The molecule has 136 valence electrons. The van der Waals surface area contributed by atoms with Gasteiger partial charge in [-0.05, 0) is 72.8 Å². The zero-order valence-electron chi connectivity index (χ0n) is 15.3. The number of nitrogens with one attached hydrogen (secondary N) is 2. The number of nitrogens with zero attached hydrogens (tertiary/aromatic N) is 2. The molecule has 0 spiro atoms. The van der Waals surface area contributed by atoms with Gasteiger partial charge in [0.05, 0.1) is 12.7 Å². The average molecular weight is 358 g/mol. The number of nitriles is 1. The molecule has 1 fully saturated rings. The van der Waals surface area contributed by atoms with Crippen molar-refractivity contribution >= 4 is 16.5 Å². The number of benzene rings is 2. The number of anilines is 1. The summed E-state index contributed by atoms with van der Waals surface area (Å²) in [5.74, 6) is 0.597. The van der Waals surface area contributed by atoms with E-state index >= 15 is 0 Å². The van der Waals surface area contributed by atoms with Crippen LogP contribution in [-0.2, 0) is 0 Å². The van der Waals surface area contributed by atoms with Crippen molar-refractivity contribution in [2.24, 2.45) is 0 Å². The lowest BCUT2D eigenvalue weighted by Gasteiger charge is -2.25. The number of piperidine rings is 1. The lowest BCUT2D eigenvalue weighted by atomic mass is 9.98. The molecule has 0 saturated carbocycles. The number of hydrogen-bond donors (Lipinski definition) is 2. The Labute approximate surface area is 159 Å². The first-order valence-corrected chi connectivity index (χ1v) is 9.22. The van der Waals surface area contributed by atoms with Gasteiger partial charge in [0, 0.05) is 29.5 Å². The molecule has 3 aromatic rings. The molecule has 4 rings (SSSR count). The van der Waals surface area contributed by atoms with Crippen LogP contribution in [0.2, 0.25) is 0 Å². The fourth-order valence-corrected chi connectivity index (χ4v) is 3.65. The van der Waals surface area contributed by atoms with E-state index in [1.165, 1.54) is 0 Å². The number of aromatic nitrogens is 1. The van der Waals surface area contributed by atoms with Gasteiger partial charge in [0.15, 0.2) is 0 Å². The lowest BCUT2D eigenvalue weighted by molar-refractivity contribution is 0.413. The highest BCUT2D eigenvalue weighted by Crippen LogP contribution is 2.33. The molecule has 2 N–H and O–H groups in total. The second-order valence-corrected chi connectivity index (χ2v) is 6.82. The van der Waals surface area contributed by atoms with E-state index in [9.17, 15) is 5.26 Å². The quantitative estimate of drug-likeness (QED) is 0.739. The number of fused-ring (bicyclic) bond motifs is 1. The molecule has 0 aliphatic carbocycles. The van der Waals surface area contributed by atoms with Crippen LogP contribution < -0.4 is 15.4 Å². The number of methoxy groups -OCH3 is 1. The van der Waals surface area contributed by atoms with E-state index in [1.807, 2.05) is 36.7 Å². The number of ether oxygens (including phenoxy) is 1. The summed E-state index contributed by atoms with van der Waals surface area (Å²) < 4.78 is 5.27. The molecule has 1 saturated heterocycles. The minimum atomic E-state index is 0.454. The Morgan fingerprint density at radius 3 is 2.78 bits per heavy atom. The smallest absolute Gasteiger partial charge is 0.136 e. The molecule has 0 radical (unpaired) electrons. The normalized spacial score (nSPS) is 14.7. The van der Waals surface area contributed by atoms with E-state index < -0.39 is 0 Å². The summed E-state index contributed by atoms with van der Waals surface area (Å²) >= 11 is 0. The molecule has 0 atom stereocenters. The van der Waals surface area contributed by atoms with E-state index in [-0.39, 0.29) is 0 Å². The van der Waals surface area contributed by atoms with Crippen molar-refractivity contribution in [1.29, 1.82) is 5.26 Å². The fourth-order valence-electron chi connectivity index (χ4n) is 3.65. The average Bonchev–Trinajstić information content (AvgIpc) is 2.74. The third-order valence-corrected chi connectivity index (χ3v) is 5.11. The maximum Gasteiger partial charge on any atom is 0.136 e. The summed E-state index contributed by atoms with van der Waals surface area (Å²) in [5, 5.41) is 18.8. The molecule has 2 heterocycles. The van der Waals surface area contributed by atoms with Gasteiger partial charge in [0.25, 0.3) is 0 Å².